The van der Waals surface area contributed by atoms with Crippen molar-refractivity contribution >= 4 is 21.7 Å². The van der Waals surface area contributed by atoms with E-state index in [2.05, 4.69) is 0 Å². The van der Waals surface area contributed by atoms with Crippen molar-refractivity contribution in [2.24, 2.45) is 0 Å². The standard InChI is InChI=1S/C12H9ClN2O3S/c1-9-2-4-12(5-3-9)19(16,17)18-15-8-10(13)6-11(15)7-14/h2-6,8H,1H3. The minimum absolute atomic E-state index is 0.000636. The second kappa shape index (κ2) is 4.96. The van der Waals surface area contributed by atoms with Crippen LogP contribution in [0.3, 0.4) is 0 Å². The molecule has 19 heavy (non-hydrogen) atoms. The molecular weight excluding hydrogens is 288 g/mol. The molecule has 0 fully saturated rings. The van der Waals surface area contributed by atoms with Gasteiger partial charge >= 0.3 is 10.1 Å². The van der Waals surface area contributed by atoms with Gasteiger partial charge in [0, 0.05) is 0 Å². The van der Waals surface area contributed by atoms with Crippen LogP contribution in [0.5, 0.6) is 0 Å². The number of nitrogens with zero attached hydrogens (tertiary/aromatic N) is 2. The first kappa shape index (κ1) is 13.5. The van der Waals surface area contributed by atoms with Crippen LogP contribution in [-0.4, -0.2) is 13.1 Å². The Bertz CT molecular complexity index is 742. The molecular formula is C12H9ClN2O3S. The Morgan fingerprint density at radius 1 is 1.32 bits per heavy atom. The molecule has 0 atom stereocenters. The summed E-state index contributed by atoms with van der Waals surface area (Å²) >= 11 is 5.69. The zero-order chi connectivity index (χ0) is 14.0. The topological polar surface area (TPSA) is 72.1 Å². The normalized spacial score (nSPS) is 11.0. The molecule has 2 aromatic rings. The fourth-order valence-corrected chi connectivity index (χ4v) is 2.49. The lowest BCUT2D eigenvalue weighted by molar-refractivity contribution is 0.277. The molecule has 0 saturated heterocycles. The molecule has 1 heterocycles. The summed E-state index contributed by atoms with van der Waals surface area (Å²) in [5.41, 5.74) is 0.932. The summed E-state index contributed by atoms with van der Waals surface area (Å²) in [6.07, 6.45) is 1.21. The molecule has 0 bridgehead atoms. The molecule has 0 unspecified atom stereocenters. The fourth-order valence-electron chi connectivity index (χ4n) is 1.41. The Kier molecular flexibility index (Phi) is 3.51. The molecule has 0 aliphatic carbocycles. The Morgan fingerprint density at radius 3 is 2.53 bits per heavy atom. The number of aromatic nitrogens is 1. The minimum atomic E-state index is -4.00. The molecule has 0 aliphatic heterocycles. The highest BCUT2D eigenvalue weighted by Gasteiger charge is 2.18. The van der Waals surface area contributed by atoms with E-state index in [0.29, 0.717) is 0 Å². The Labute approximate surface area is 115 Å². The van der Waals surface area contributed by atoms with Crippen LogP contribution in [-0.2, 0) is 10.1 Å². The summed E-state index contributed by atoms with van der Waals surface area (Å²) in [7, 11) is -4.00. The summed E-state index contributed by atoms with van der Waals surface area (Å²) in [4.78, 5) is 0.00631. The number of rotatable bonds is 3. The summed E-state index contributed by atoms with van der Waals surface area (Å²) in [5, 5.41) is 9.05. The van der Waals surface area contributed by atoms with Gasteiger partial charge in [-0.1, -0.05) is 29.3 Å². The second-order valence-corrected chi connectivity index (χ2v) is 5.79. The predicted molar refractivity (Wildman–Crippen MR) is 69.1 cm³/mol. The van der Waals surface area contributed by atoms with Gasteiger partial charge in [0.2, 0.25) is 0 Å². The molecule has 98 valence electrons. The smallest absolute Gasteiger partial charge is 0.283 e. The number of halogens is 1. The Morgan fingerprint density at radius 2 is 1.95 bits per heavy atom. The summed E-state index contributed by atoms with van der Waals surface area (Å²) in [6, 6.07) is 9.28. The van der Waals surface area contributed by atoms with Gasteiger partial charge in [-0.25, -0.2) is 0 Å². The predicted octanol–water partition coefficient (Wildman–Crippen LogP) is 2.14. The van der Waals surface area contributed by atoms with Gasteiger partial charge in [0.1, 0.15) is 11.0 Å². The van der Waals surface area contributed by atoms with Crippen LogP contribution in [0, 0.1) is 18.3 Å². The van der Waals surface area contributed by atoms with Crippen molar-refractivity contribution in [1.29, 1.82) is 5.26 Å². The van der Waals surface area contributed by atoms with Crippen molar-refractivity contribution in [2.45, 2.75) is 11.8 Å². The number of hydrogen-bond acceptors (Lipinski definition) is 4. The van der Waals surface area contributed by atoms with E-state index in [-0.39, 0.29) is 15.6 Å². The first-order chi connectivity index (χ1) is 8.92. The van der Waals surface area contributed by atoms with Gasteiger partial charge in [-0.2, -0.15) is 18.4 Å². The van der Waals surface area contributed by atoms with Crippen LogP contribution in [0.2, 0.25) is 5.02 Å². The van der Waals surface area contributed by atoms with Gasteiger partial charge in [0.15, 0.2) is 5.69 Å². The third kappa shape index (κ3) is 2.89. The van der Waals surface area contributed by atoms with Crippen molar-refractivity contribution in [1.82, 2.24) is 4.73 Å². The summed E-state index contributed by atoms with van der Waals surface area (Å²) in [6.45, 7) is 1.84. The van der Waals surface area contributed by atoms with Gasteiger partial charge < -0.3 is 0 Å². The zero-order valence-corrected chi connectivity index (χ0v) is 11.4. The lowest BCUT2D eigenvalue weighted by atomic mass is 10.2. The second-order valence-electron chi connectivity index (χ2n) is 3.82. The van der Waals surface area contributed by atoms with Crippen LogP contribution >= 0.6 is 11.6 Å². The van der Waals surface area contributed by atoms with E-state index >= 15 is 0 Å². The van der Waals surface area contributed by atoms with E-state index in [4.69, 9.17) is 21.1 Å². The monoisotopic (exact) mass is 296 g/mol. The highest BCUT2D eigenvalue weighted by Crippen LogP contribution is 2.16. The van der Waals surface area contributed by atoms with Crippen molar-refractivity contribution in [3.63, 3.8) is 0 Å². The number of hydrogen-bond donors (Lipinski definition) is 0. The van der Waals surface area contributed by atoms with Crippen LogP contribution in [0.4, 0.5) is 0 Å². The SMILES string of the molecule is Cc1ccc(S(=O)(=O)On2cc(Cl)cc2C#N)cc1. The molecule has 0 saturated carbocycles. The molecule has 7 heteroatoms. The van der Waals surface area contributed by atoms with Gasteiger partial charge in [0.05, 0.1) is 11.2 Å². The maximum absolute atomic E-state index is 12.0. The van der Waals surface area contributed by atoms with Gasteiger partial charge in [-0.3, -0.25) is 4.28 Å². The molecule has 1 aromatic carbocycles. The Hall–Kier alpha value is -1.97. The molecule has 0 aliphatic rings. The first-order valence-corrected chi connectivity index (χ1v) is 7.00. The van der Waals surface area contributed by atoms with E-state index in [0.717, 1.165) is 10.3 Å². The van der Waals surface area contributed by atoms with Crippen LogP contribution in [0.1, 0.15) is 11.3 Å². The highest BCUT2D eigenvalue weighted by molar-refractivity contribution is 7.87. The van der Waals surface area contributed by atoms with Crippen molar-refractivity contribution < 1.29 is 12.7 Å². The average Bonchev–Trinajstić information content (AvgIpc) is 2.69. The molecule has 0 radical (unpaired) electrons. The van der Waals surface area contributed by atoms with E-state index in [9.17, 15) is 8.42 Å². The minimum Gasteiger partial charge on any atom is -0.283 e. The molecule has 5 nitrogen and oxygen atoms in total. The lowest BCUT2D eigenvalue weighted by Crippen LogP contribution is -2.20. The third-order valence-electron chi connectivity index (χ3n) is 2.36. The summed E-state index contributed by atoms with van der Waals surface area (Å²) < 4.78 is 29.7. The first-order valence-electron chi connectivity index (χ1n) is 5.22. The zero-order valence-electron chi connectivity index (χ0n) is 9.87. The van der Waals surface area contributed by atoms with E-state index in [1.165, 1.54) is 24.4 Å². The van der Waals surface area contributed by atoms with E-state index < -0.39 is 10.1 Å². The van der Waals surface area contributed by atoms with Gasteiger partial charge in [-0.15, -0.1) is 0 Å². The third-order valence-corrected chi connectivity index (χ3v) is 3.77. The van der Waals surface area contributed by atoms with E-state index in [1.54, 1.807) is 18.2 Å². The quantitative estimate of drug-likeness (QED) is 0.870. The van der Waals surface area contributed by atoms with Gasteiger partial charge in [-0.05, 0) is 25.1 Å². The average molecular weight is 297 g/mol. The largest absolute Gasteiger partial charge is 0.357 e. The highest BCUT2D eigenvalue weighted by atomic mass is 35.5. The molecule has 0 N–H and O–H groups in total. The number of aryl methyl sites for hydroxylation is 1. The van der Waals surface area contributed by atoms with Crippen molar-refractivity contribution in [2.75, 3.05) is 0 Å². The Balaban J connectivity index is 2.36. The van der Waals surface area contributed by atoms with Crippen molar-refractivity contribution in [3.05, 3.63) is 52.8 Å². The van der Waals surface area contributed by atoms with Crippen LogP contribution in [0.15, 0.2) is 41.4 Å². The molecule has 1 aromatic heterocycles. The molecule has 2 rings (SSSR count). The van der Waals surface area contributed by atoms with Crippen LogP contribution < -0.4 is 4.28 Å². The summed E-state index contributed by atoms with van der Waals surface area (Å²) in [5.74, 6) is 0. The van der Waals surface area contributed by atoms with Gasteiger partial charge in [0.25, 0.3) is 0 Å². The van der Waals surface area contributed by atoms with Crippen LogP contribution in [0.25, 0.3) is 0 Å². The fraction of sp³-hybridized carbons (Fsp3) is 0.0833. The van der Waals surface area contributed by atoms with E-state index in [1.807, 2.05) is 6.92 Å². The maximum atomic E-state index is 12.0. The lowest BCUT2D eigenvalue weighted by Gasteiger charge is -2.07. The number of benzene rings is 1. The molecule has 0 spiro atoms. The maximum Gasteiger partial charge on any atom is 0.357 e. The molecule has 0 amide bonds. The van der Waals surface area contributed by atoms with Crippen molar-refractivity contribution in [3.8, 4) is 6.07 Å². The number of nitriles is 1.